The van der Waals surface area contributed by atoms with Gasteiger partial charge in [-0.05, 0) is 35.7 Å². The Morgan fingerprint density at radius 1 is 0.900 bits per heavy atom. The monoisotopic (exact) mass is 286 g/mol. The van der Waals surface area contributed by atoms with Crippen LogP contribution in [0.1, 0.15) is 30.5 Å². The molecule has 7 N–H and O–H groups in total. The van der Waals surface area contributed by atoms with Gasteiger partial charge in [0.15, 0.2) is 0 Å². The number of nitrogens with one attached hydrogen (secondary N) is 2. The van der Waals surface area contributed by atoms with E-state index in [-0.39, 0.29) is 18.8 Å². The summed E-state index contributed by atoms with van der Waals surface area (Å²) in [7, 11) is 0. The van der Waals surface area contributed by atoms with E-state index in [2.05, 4.69) is 10.6 Å². The van der Waals surface area contributed by atoms with Crippen LogP contribution in [0.15, 0.2) is 12.1 Å². The van der Waals surface area contributed by atoms with Gasteiger partial charge in [-0.3, -0.25) is 10.6 Å². The smallest absolute Gasteiger partial charge is 0.219 e. The molecule has 0 amide bonds. The fourth-order valence-electron chi connectivity index (χ4n) is 1.71. The van der Waals surface area contributed by atoms with E-state index in [0.29, 0.717) is 11.1 Å². The van der Waals surface area contributed by atoms with Crippen molar-refractivity contribution in [2.24, 2.45) is 0 Å². The van der Waals surface area contributed by atoms with Gasteiger partial charge >= 0.3 is 0 Å². The summed E-state index contributed by atoms with van der Waals surface area (Å²) in [5.41, 5.74) is 2.15. The number of phenols is 1. The Bertz CT molecular complexity index is 424. The van der Waals surface area contributed by atoms with Crippen molar-refractivity contribution >= 4 is 0 Å². The predicted octanol–water partition coefficient (Wildman–Crippen LogP) is -0.804. The van der Waals surface area contributed by atoms with E-state index in [1.807, 2.05) is 0 Å². The lowest BCUT2D eigenvalue weighted by Crippen LogP contribution is -2.42. The van der Waals surface area contributed by atoms with E-state index in [0.717, 1.165) is 5.56 Å². The number of benzene rings is 1. The molecule has 0 spiro atoms. The van der Waals surface area contributed by atoms with Crippen molar-refractivity contribution in [3.63, 3.8) is 0 Å². The highest BCUT2D eigenvalue weighted by molar-refractivity contribution is 5.41. The molecule has 0 aliphatic rings. The van der Waals surface area contributed by atoms with Crippen molar-refractivity contribution in [2.75, 3.05) is 0 Å². The standard InChI is InChI=1S/C13H22N2O5/c1-8-9(6-14-12(2,17)18)4-11(16)5-10(8)7-15-13(3,19)20/h4-5,14-20H,6-7H2,1-3H3. The highest BCUT2D eigenvalue weighted by atomic mass is 16.5. The summed E-state index contributed by atoms with van der Waals surface area (Å²) >= 11 is 0. The molecule has 0 fully saturated rings. The number of aliphatic hydroxyl groups is 4. The highest BCUT2D eigenvalue weighted by Crippen LogP contribution is 2.22. The van der Waals surface area contributed by atoms with Crippen LogP contribution in [0.2, 0.25) is 0 Å². The van der Waals surface area contributed by atoms with Gasteiger partial charge in [0.25, 0.3) is 0 Å². The third-order valence-corrected chi connectivity index (χ3v) is 2.84. The summed E-state index contributed by atoms with van der Waals surface area (Å²) < 4.78 is 0. The van der Waals surface area contributed by atoms with Crippen molar-refractivity contribution in [2.45, 2.75) is 45.7 Å². The van der Waals surface area contributed by atoms with Crippen LogP contribution >= 0.6 is 0 Å². The number of rotatable bonds is 6. The molecule has 0 unspecified atom stereocenters. The predicted molar refractivity (Wildman–Crippen MR) is 72.2 cm³/mol. The first kappa shape index (κ1) is 16.8. The zero-order valence-electron chi connectivity index (χ0n) is 11.8. The van der Waals surface area contributed by atoms with Gasteiger partial charge in [-0.25, -0.2) is 0 Å². The Hall–Kier alpha value is -1.22. The summed E-state index contributed by atoms with van der Waals surface area (Å²) in [6.45, 7) is 4.47. The van der Waals surface area contributed by atoms with Crippen LogP contribution in [0.5, 0.6) is 5.75 Å². The number of aromatic hydroxyl groups is 1. The zero-order valence-corrected chi connectivity index (χ0v) is 11.8. The largest absolute Gasteiger partial charge is 0.508 e. The third kappa shape index (κ3) is 5.83. The molecule has 1 aromatic rings. The van der Waals surface area contributed by atoms with E-state index in [9.17, 15) is 25.5 Å². The Morgan fingerprint density at radius 2 is 1.25 bits per heavy atom. The first-order chi connectivity index (χ1) is 8.98. The van der Waals surface area contributed by atoms with E-state index in [1.165, 1.54) is 26.0 Å². The average molecular weight is 286 g/mol. The summed E-state index contributed by atoms with van der Waals surface area (Å²) in [6.07, 6.45) is 0. The molecule has 0 aliphatic carbocycles. The Balaban J connectivity index is 2.89. The minimum absolute atomic E-state index is 0.0133. The van der Waals surface area contributed by atoms with Gasteiger partial charge < -0.3 is 25.5 Å². The Morgan fingerprint density at radius 3 is 1.55 bits per heavy atom. The molecule has 0 atom stereocenters. The molecule has 114 valence electrons. The molecule has 0 aliphatic heterocycles. The summed E-state index contributed by atoms with van der Waals surface area (Å²) in [4.78, 5) is 0. The topological polar surface area (TPSA) is 125 Å². The van der Waals surface area contributed by atoms with Crippen molar-refractivity contribution in [3.05, 3.63) is 28.8 Å². The maximum Gasteiger partial charge on any atom is 0.219 e. The van der Waals surface area contributed by atoms with E-state index in [1.54, 1.807) is 6.92 Å². The molecule has 0 bridgehead atoms. The van der Waals surface area contributed by atoms with E-state index < -0.39 is 11.8 Å². The van der Waals surface area contributed by atoms with Crippen molar-refractivity contribution < 1.29 is 25.5 Å². The molecule has 20 heavy (non-hydrogen) atoms. The molecule has 1 aromatic carbocycles. The molecular formula is C13H22N2O5. The molecular weight excluding hydrogens is 264 g/mol. The SMILES string of the molecule is Cc1c(CNC(C)(O)O)cc(O)cc1CNC(C)(O)O. The maximum atomic E-state index is 9.67. The molecule has 0 aromatic heterocycles. The van der Waals surface area contributed by atoms with Gasteiger partial charge in [0, 0.05) is 26.9 Å². The number of hydrogen-bond acceptors (Lipinski definition) is 7. The molecule has 7 nitrogen and oxygen atoms in total. The Kier molecular flexibility index (Phi) is 5.09. The quantitative estimate of drug-likeness (QED) is 0.341. The van der Waals surface area contributed by atoms with Crippen molar-refractivity contribution in [1.82, 2.24) is 10.6 Å². The highest BCUT2D eigenvalue weighted by Gasteiger charge is 2.17. The molecule has 1 rings (SSSR count). The lowest BCUT2D eigenvalue weighted by atomic mass is 10.0. The lowest BCUT2D eigenvalue weighted by molar-refractivity contribution is -0.171. The molecule has 0 saturated carbocycles. The van der Waals surface area contributed by atoms with Crippen LogP contribution in [-0.4, -0.2) is 37.4 Å². The fourth-order valence-corrected chi connectivity index (χ4v) is 1.71. The first-order valence-corrected chi connectivity index (χ1v) is 6.19. The second-order valence-corrected chi connectivity index (χ2v) is 5.14. The van der Waals surface area contributed by atoms with Crippen LogP contribution < -0.4 is 10.6 Å². The van der Waals surface area contributed by atoms with Crippen molar-refractivity contribution in [3.8, 4) is 5.75 Å². The number of hydrogen-bond donors (Lipinski definition) is 7. The minimum Gasteiger partial charge on any atom is -0.508 e. The maximum absolute atomic E-state index is 9.67. The zero-order chi connectivity index (χ0) is 15.6. The normalized spacial score (nSPS) is 12.8. The van der Waals surface area contributed by atoms with E-state index in [4.69, 9.17) is 0 Å². The van der Waals surface area contributed by atoms with Crippen LogP contribution in [0.3, 0.4) is 0 Å². The average Bonchev–Trinajstić information content (AvgIpc) is 2.25. The second kappa shape index (κ2) is 6.04. The first-order valence-electron chi connectivity index (χ1n) is 6.19. The van der Waals surface area contributed by atoms with Crippen LogP contribution in [0.25, 0.3) is 0 Å². The molecule has 0 radical (unpaired) electrons. The van der Waals surface area contributed by atoms with Gasteiger partial charge in [-0.2, -0.15) is 0 Å². The summed E-state index contributed by atoms with van der Waals surface area (Å²) in [5, 5.41) is 51.5. The number of phenolic OH excluding ortho intramolecular Hbond substituents is 1. The lowest BCUT2D eigenvalue weighted by Gasteiger charge is -2.21. The molecule has 7 heteroatoms. The van der Waals surface area contributed by atoms with Gasteiger partial charge in [0.2, 0.25) is 11.8 Å². The van der Waals surface area contributed by atoms with Gasteiger partial charge in [0.05, 0.1) is 0 Å². The van der Waals surface area contributed by atoms with Crippen LogP contribution in [0.4, 0.5) is 0 Å². The molecule has 0 heterocycles. The summed E-state index contributed by atoms with van der Waals surface area (Å²) in [5.74, 6) is -4.00. The third-order valence-electron chi connectivity index (χ3n) is 2.84. The van der Waals surface area contributed by atoms with Crippen LogP contribution in [0, 0.1) is 6.92 Å². The molecule has 0 saturated heterocycles. The minimum atomic E-state index is -2.01. The van der Waals surface area contributed by atoms with Gasteiger partial charge in [-0.15, -0.1) is 0 Å². The second-order valence-electron chi connectivity index (χ2n) is 5.14. The van der Waals surface area contributed by atoms with Gasteiger partial charge in [0.1, 0.15) is 5.75 Å². The fraction of sp³-hybridized carbons (Fsp3) is 0.538. The summed E-state index contributed by atoms with van der Waals surface area (Å²) in [6, 6.07) is 3.02. The van der Waals surface area contributed by atoms with E-state index >= 15 is 0 Å². The van der Waals surface area contributed by atoms with Gasteiger partial charge in [-0.1, -0.05) is 0 Å². The van der Waals surface area contributed by atoms with Crippen molar-refractivity contribution in [1.29, 1.82) is 0 Å². The Labute approximate surface area is 117 Å². The van der Waals surface area contributed by atoms with Crippen LogP contribution in [-0.2, 0) is 13.1 Å².